The minimum Gasteiger partial charge on any atom is -0.497 e. The second-order valence-corrected chi connectivity index (χ2v) is 7.43. The number of alkyl halides is 3. The van der Waals surface area contributed by atoms with Crippen LogP contribution < -0.4 is 10.5 Å². The zero-order chi connectivity index (χ0) is 21.5. The van der Waals surface area contributed by atoms with E-state index in [4.69, 9.17) is 15.2 Å². The first-order valence-electron chi connectivity index (χ1n) is 9.53. The molecule has 1 aromatic heterocycles. The number of hydrogen-bond donors (Lipinski definition) is 1. The molecule has 0 unspecified atom stereocenters. The molecule has 0 bridgehead atoms. The van der Waals surface area contributed by atoms with Gasteiger partial charge in [-0.25, -0.2) is 9.97 Å². The summed E-state index contributed by atoms with van der Waals surface area (Å²) in [5.41, 5.74) is 5.83. The smallest absolute Gasteiger partial charge is 0.416 e. The summed E-state index contributed by atoms with van der Waals surface area (Å²) in [5, 5.41) is 0. The lowest BCUT2D eigenvalue weighted by Crippen LogP contribution is -2.49. The fraction of sp³-hybridized carbons (Fsp3) is 0.450. The average molecular weight is 422 g/mol. The van der Waals surface area contributed by atoms with Crippen molar-refractivity contribution >= 4 is 11.9 Å². The maximum atomic E-state index is 13.2. The number of hydrogen-bond acceptors (Lipinski definition) is 6. The van der Waals surface area contributed by atoms with Crippen molar-refractivity contribution in [2.45, 2.75) is 31.0 Å². The van der Waals surface area contributed by atoms with E-state index in [0.29, 0.717) is 39.0 Å². The molecular formula is C20H21F3N4O3. The van der Waals surface area contributed by atoms with Crippen LogP contribution in [0.3, 0.4) is 0 Å². The Labute approximate surface area is 171 Å². The van der Waals surface area contributed by atoms with Crippen LogP contribution in [-0.2, 0) is 22.9 Å². The molecule has 1 saturated heterocycles. The van der Waals surface area contributed by atoms with E-state index in [1.165, 1.54) is 18.1 Å². The van der Waals surface area contributed by atoms with E-state index in [9.17, 15) is 18.0 Å². The van der Waals surface area contributed by atoms with Gasteiger partial charge in [-0.05, 0) is 43.0 Å². The lowest BCUT2D eigenvalue weighted by Gasteiger charge is -2.44. The van der Waals surface area contributed by atoms with Gasteiger partial charge in [0, 0.05) is 24.8 Å². The minimum absolute atomic E-state index is 0.0154. The fourth-order valence-corrected chi connectivity index (χ4v) is 4.06. The number of nitrogen functional groups attached to an aromatic ring is 1. The van der Waals surface area contributed by atoms with Crippen LogP contribution in [0.5, 0.6) is 5.75 Å². The molecule has 2 aliphatic heterocycles. The number of halogens is 3. The number of nitrogens with two attached hydrogens (primary N) is 1. The lowest BCUT2D eigenvalue weighted by molar-refractivity contribution is -0.137. The first-order chi connectivity index (χ1) is 14.2. The third-order valence-electron chi connectivity index (χ3n) is 5.64. The molecule has 0 atom stereocenters. The third kappa shape index (κ3) is 3.67. The van der Waals surface area contributed by atoms with E-state index in [2.05, 4.69) is 9.97 Å². The highest BCUT2D eigenvalue weighted by Crippen LogP contribution is 2.41. The molecular weight excluding hydrogens is 401 g/mol. The molecule has 4 rings (SSSR count). The SMILES string of the molecule is COc1cc(C(=O)N2CCC3(CC2)OCCc2cnc(N)nc23)cc(C(F)(F)F)c1. The topological polar surface area (TPSA) is 90.6 Å². The van der Waals surface area contributed by atoms with Crippen molar-refractivity contribution in [3.8, 4) is 5.75 Å². The van der Waals surface area contributed by atoms with Gasteiger partial charge >= 0.3 is 6.18 Å². The van der Waals surface area contributed by atoms with Gasteiger partial charge in [-0.2, -0.15) is 13.2 Å². The molecule has 1 fully saturated rings. The van der Waals surface area contributed by atoms with Crippen molar-refractivity contribution in [1.29, 1.82) is 0 Å². The van der Waals surface area contributed by atoms with Gasteiger partial charge in [-0.1, -0.05) is 0 Å². The van der Waals surface area contributed by atoms with Gasteiger partial charge in [0.2, 0.25) is 5.95 Å². The molecule has 2 N–H and O–H groups in total. The predicted octanol–water partition coefficient (Wildman–Crippen LogP) is 2.79. The number of anilines is 1. The first kappa shape index (κ1) is 20.4. The van der Waals surface area contributed by atoms with E-state index in [-0.39, 0.29) is 17.3 Å². The third-order valence-corrected chi connectivity index (χ3v) is 5.64. The fourth-order valence-electron chi connectivity index (χ4n) is 4.06. The molecule has 10 heteroatoms. The quantitative estimate of drug-likeness (QED) is 0.801. The molecule has 0 aliphatic carbocycles. The Hall–Kier alpha value is -2.88. The Bertz CT molecular complexity index is 972. The number of carbonyl (C=O) groups excluding carboxylic acids is 1. The van der Waals surface area contributed by atoms with Gasteiger partial charge in [-0.15, -0.1) is 0 Å². The summed E-state index contributed by atoms with van der Waals surface area (Å²) in [4.78, 5) is 22.9. The Morgan fingerprint density at radius 2 is 2.00 bits per heavy atom. The number of carbonyl (C=O) groups is 1. The van der Waals surface area contributed by atoms with Crippen molar-refractivity contribution < 1.29 is 27.4 Å². The number of likely N-dealkylation sites (tertiary alicyclic amines) is 1. The largest absolute Gasteiger partial charge is 0.497 e. The van der Waals surface area contributed by atoms with Gasteiger partial charge < -0.3 is 20.1 Å². The monoisotopic (exact) mass is 422 g/mol. The Kier molecular flexibility index (Phi) is 5.05. The van der Waals surface area contributed by atoms with Crippen LogP contribution in [-0.4, -0.2) is 47.6 Å². The molecule has 30 heavy (non-hydrogen) atoms. The van der Waals surface area contributed by atoms with Crippen molar-refractivity contribution in [1.82, 2.24) is 14.9 Å². The van der Waals surface area contributed by atoms with Crippen LogP contribution in [0.2, 0.25) is 0 Å². The van der Waals surface area contributed by atoms with Crippen molar-refractivity contribution in [2.75, 3.05) is 32.5 Å². The van der Waals surface area contributed by atoms with E-state index >= 15 is 0 Å². The summed E-state index contributed by atoms with van der Waals surface area (Å²) in [6.45, 7) is 1.15. The molecule has 0 saturated carbocycles. The Morgan fingerprint density at radius 3 is 2.67 bits per heavy atom. The van der Waals surface area contributed by atoms with Gasteiger partial charge in [-0.3, -0.25) is 4.79 Å². The van der Waals surface area contributed by atoms with Gasteiger partial charge in [0.1, 0.15) is 11.4 Å². The van der Waals surface area contributed by atoms with E-state index in [1.807, 2.05) is 0 Å². The van der Waals surface area contributed by atoms with Crippen LogP contribution >= 0.6 is 0 Å². The molecule has 2 aromatic rings. The zero-order valence-electron chi connectivity index (χ0n) is 16.3. The normalized spacial score (nSPS) is 18.2. The summed E-state index contributed by atoms with van der Waals surface area (Å²) in [7, 11) is 1.26. The second kappa shape index (κ2) is 7.42. The van der Waals surface area contributed by atoms with Crippen molar-refractivity contribution in [3.05, 3.63) is 46.8 Å². The molecule has 2 aliphatic rings. The van der Waals surface area contributed by atoms with Gasteiger partial charge in [0.05, 0.1) is 25.0 Å². The second-order valence-electron chi connectivity index (χ2n) is 7.43. The van der Waals surface area contributed by atoms with Crippen LogP contribution in [0.1, 0.15) is 40.0 Å². The summed E-state index contributed by atoms with van der Waals surface area (Å²) < 4.78 is 50.6. The molecule has 7 nitrogen and oxygen atoms in total. The van der Waals surface area contributed by atoms with Crippen LogP contribution in [0.4, 0.5) is 19.1 Å². The number of piperidine rings is 1. The number of benzene rings is 1. The molecule has 0 radical (unpaired) electrons. The molecule has 3 heterocycles. The van der Waals surface area contributed by atoms with Crippen LogP contribution in [0, 0.1) is 0 Å². The summed E-state index contributed by atoms with van der Waals surface area (Å²) in [6.07, 6.45) is -1.25. The first-order valence-corrected chi connectivity index (χ1v) is 9.53. The number of aromatic nitrogens is 2. The maximum absolute atomic E-state index is 13.2. The molecule has 1 spiro atoms. The highest BCUT2D eigenvalue weighted by Gasteiger charge is 2.43. The summed E-state index contributed by atoms with van der Waals surface area (Å²) in [5.74, 6) is -0.334. The highest BCUT2D eigenvalue weighted by atomic mass is 19.4. The summed E-state index contributed by atoms with van der Waals surface area (Å²) >= 11 is 0. The van der Waals surface area contributed by atoms with Gasteiger partial charge in [0.25, 0.3) is 5.91 Å². The van der Waals surface area contributed by atoms with E-state index < -0.39 is 23.2 Å². The van der Waals surface area contributed by atoms with Crippen LogP contribution in [0.25, 0.3) is 0 Å². The van der Waals surface area contributed by atoms with E-state index in [1.54, 1.807) is 6.20 Å². The van der Waals surface area contributed by atoms with Gasteiger partial charge in [0.15, 0.2) is 0 Å². The number of ether oxygens (including phenoxy) is 2. The minimum atomic E-state index is -4.57. The summed E-state index contributed by atoms with van der Waals surface area (Å²) in [6, 6.07) is 3.05. The molecule has 1 amide bonds. The Balaban J connectivity index is 1.56. The predicted molar refractivity (Wildman–Crippen MR) is 101 cm³/mol. The van der Waals surface area contributed by atoms with Crippen molar-refractivity contribution in [2.24, 2.45) is 0 Å². The number of rotatable bonds is 2. The molecule has 160 valence electrons. The van der Waals surface area contributed by atoms with E-state index in [0.717, 1.165) is 23.4 Å². The lowest BCUT2D eigenvalue weighted by atomic mass is 9.83. The maximum Gasteiger partial charge on any atom is 0.416 e. The average Bonchev–Trinajstić information content (AvgIpc) is 2.73. The number of fused-ring (bicyclic) bond motifs is 2. The van der Waals surface area contributed by atoms with Crippen LogP contribution in [0.15, 0.2) is 24.4 Å². The highest BCUT2D eigenvalue weighted by molar-refractivity contribution is 5.95. The zero-order valence-corrected chi connectivity index (χ0v) is 16.3. The number of methoxy groups -OCH3 is 1. The van der Waals surface area contributed by atoms with Crippen molar-refractivity contribution in [3.63, 3.8) is 0 Å². The Morgan fingerprint density at radius 1 is 1.27 bits per heavy atom. The number of nitrogens with zero attached hydrogens (tertiary/aromatic N) is 3. The standard InChI is InChI=1S/C20H21F3N4O3/c1-29-15-9-13(8-14(10-15)20(21,22)23)17(28)27-5-3-19(4-6-27)16-12(2-7-30-19)11-25-18(24)26-16/h8-11H,2-7H2,1H3,(H2,24,25,26). The molecule has 1 aromatic carbocycles. The number of amides is 1.